The van der Waals surface area contributed by atoms with Crippen LogP contribution in [0.4, 0.5) is 4.79 Å². The standard InChI is InChI=1S/C15H27NO2/c17-15(18)16-10-4-3-5-12-8-9-13-6-1-2-7-14(13)11-12/h12-14,16H,1-11H2,(H,17,18)/t12-,13+,14+/m1/s1. The second kappa shape index (κ2) is 7.01. The monoisotopic (exact) mass is 253 g/mol. The SMILES string of the molecule is O=C(O)NCCCC[C@@H]1CC[C@@H]2CCCC[C@H]2C1. The fourth-order valence-electron chi connectivity index (χ4n) is 3.99. The molecule has 0 unspecified atom stereocenters. The number of rotatable bonds is 5. The Morgan fingerprint density at radius 2 is 1.83 bits per heavy atom. The van der Waals surface area contributed by atoms with Gasteiger partial charge in [-0.3, -0.25) is 0 Å². The first kappa shape index (κ1) is 13.7. The van der Waals surface area contributed by atoms with Crippen molar-refractivity contribution in [2.75, 3.05) is 6.54 Å². The van der Waals surface area contributed by atoms with Gasteiger partial charge >= 0.3 is 6.09 Å². The molecule has 0 spiro atoms. The lowest BCUT2D eigenvalue weighted by Gasteiger charge is -2.39. The van der Waals surface area contributed by atoms with Crippen LogP contribution in [0.5, 0.6) is 0 Å². The molecule has 2 saturated carbocycles. The smallest absolute Gasteiger partial charge is 0.404 e. The number of unbranched alkanes of at least 4 members (excludes halogenated alkanes) is 1. The Labute approximate surface area is 110 Å². The molecule has 0 aromatic heterocycles. The number of fused-ring (bicyclic) bond motifs is 1. The van der Waals surface area contributed by atoms with Gasteiger partial charge in [0.1, 0.15) is 0 Å². The maximum absolute atomic E-state index is 10.3. The lowest BCUT2D eigenvalue weighted by atomic mass is 9.67. The van der Waals surface area contributed by atoms with Gasteiger partial charge in [-0.15, -0.1) is 0 Å². The van der Waals surface area contributed by atoms with Crippen molar-refractivity contribution in [3.05, 3.63) is 0 Å². The average molecular weight is 253 g/mol. The minimum absolute atomic E-state index is 0.619. The molecule has 3 heteroatoms. The first-order valence-corrected chi connectivity index (χ1v) is 7.72. The van der Waals surface area contributed by atoms with Gasteiger partial charge in [0, 0.05) is 6.54 Å². The summed E-state index contributed by atoms with van der Waals surface area (Å²) < 4.78 is 0. The minimum Gasteiger partial charge on any atom is -0.465 e. The number of hydrogen-bond acceptors (Lipinski definition) is 1. The van der Waals surface area contributed by atoms with E-state index < -0.39 is 6.09 Å². The van der Waals surface area contributed by atoms with E-state index in [2.05, 4.69) is 5.32 Å². The maximum atomic E-state index is 10.3. The van der Waals surface area contributed by atoms with Crippen LogP contribution in [0.15, 0.2) is 0 Å². The normalized spacial score (nSPS) is 31.7. The molecule has 104 valence electrons. The lowest BCUT2D eigenvalue weighted by molar-refractivity contribution is 0.124. The molecule has 0 radical (unpaired) electrons. The van der Waals surface area contributed by atoms with Gasteiger partial charge in [-0.05, 0) is 37.0 Å². The fourth-order valence-corrected chi connectivity index (χ4v) is 3.99. The number of hydrogen-bond donors (Lipinski definition) is 2. The molecule has 2 fully saturated rings. The predicted octanol–water partition coefficient (Wildman–Crippen LogP) is 4.03. The molecule has 0 bridgehead atoms. The van der Waals surface area contributed by atoms with Crippen molar-refractivity contribution in [2.24, 2.45) is 17.8 Å². The molecule has 0 heterocycles. The molecule has 18 heavy (non-hydrogen) atoms. The van der Waals surface area contributed by atoms with Crippen molar-refractivity contribution < 1.29 is 9.90 Å². The summed E-state index contributed by atoms with van der Waals surface area (Å²) >= 11 is 0. The molecule has 2 aliphatic carbocycles. The van der Waals surface area contributed by atoms with Gasteiger partial charge in [-0.2, -0.15) is 0 Å². The van der Waals surface area contributed by atoms with Crippen LogP contribution in [0.3, 0.4) is 0 Å². The molecular weight excluding hydrogens is 226 g/mol. The Kier molecular flexibility index (Phi) is 5.33. The van der Waals surface area contributed by atoms with E-state index >= 15 is 0 Å². The molecule has 3 nitrogen and oxygen atoms in total. The highest BCUT2D eigenvalue weighted by atomic mass is 16.4. The van der Waals surface area contributed by atoms with Crippen molar-refractivity contribution in [1.82, 2.24) is 5.32 Å². The third kappa shape index (κ3) is 4.18. The van der Waals surface area contributed by atoms with Gasteiger partial charge in [-0.1, -0.05) is 44.9 Å². The zero-order valence-electron chi connectivity index (χ0n) is 11.4. The highest BCUT2D eigenvalue weighted by Gasteiger charge is 2.31. The molecule has 0 saturated heterocycles. The van der Waals surface area contributed by atoms with Crippen molar-refractivity contribution in [1.29, 1.82) is 0 Å². The number of amides is 1. The second-order valence-electron chi connectivity index (χ2n) is 6.21. The van der Waals surface area contributed by atoms with Gasteiger partial charge < -0.3 is 10.4 Å². The average Bonchev–Trinajstić information content (AvgIpc) is 2.38. The quantitative estimate of drug-likeness (QED) is 0.727. The first-order chi connectivity index (χ1) is 8.75. The van der Waals surface area contributed by atoms with Crippen molar-refractivity contribution in [2.45, 2.75) is 64.2 Å². The van der Waals surface area contributed by atoms with E-state index in [1.54, 1.807) is 0 Å². The van der Waals surface area contributed by atoms with E-state index in [9.17, 15) is 4.79 Å². The van der Waals surface area contributed by atoms with E-state index in [0.29, 0.717) is 6.54 Å². The van der Waals surface area contributed by atoms with Crippen molar-refractivity contribution in [3.63, 3.8) is 0 Å². The Hall–Kier alpha value is -0.730. The van der Waals surface area contributed by atoms with Crippen molar-refractivity contribution in [3.8, 4) is 0 Å². The molecule has 0 aromatic carbocycles. The highest BCUT2D eigenvalue weighted by Crippen LogP contribution is 2.43. The Balaban J connectivity index is 1.58. The van der Waals surface area contributed by atoms with Gasteiger partial charge in [0.25, 0.3) is 0 Å². The summed E-state index contributed by atoms with van der Waals surface area (Å²) in [4.78, 5) is 10.3. The molecule has 1 amide bonds. The van der Waals surface area contributed by atoms with Crippen molar-refractivity contribution >= 4 is 6.09 Å². The molecule has 0 aromatic rings. The van der Waals surface area contributed by atoms with Gasteiger partial charge in [0.05, 0.1) is 0 Å². The Morgan fingerprint density at radius 1 is 1.06 bits per heavy atom. The topological polar surface area (TPSA) is 49.3 Å². The number of nitrogens with one attached hydrogen (secondary N) is 1. The zero-order valence-corrected chi connectivity index (χ0v) is 11.4. The third-order valence-electron chi connectivity index (χ3n) is 4.96. The summed E-state index contributed by atoms with van der Waals surface area (Å²) in [5.41, 5.74) is 0. The molecule has 2 rings (SSSR count). The van der Waals surface area contributed by atoms with E-state index in [4.69, 9.17) is 5.11 Å². The Morgan fingerprint density at radius 3 is 2.61 bits per heavy atom. The highest BCUT2D eigenvalue weighted by molar-refractivity contribution is 5.64. The molecule has 2 N–H and O–H groups in total. The molecule has 0 aliphatic heterocycles. The summed E-state index contributed by atoms with van der Waals surface area (Å²) in [7, 11) is 0. The van der Waals surface area contributed by atoms with Crippen LogP contribution in [0, 0.1) is 17.8 Å². The van der Waals surface area contributed by atoms with Gasteiger partial charge in [0.2, 0.25) is 0 Å². The largest absolute Gasteiger partial charge is 0.465 e. The first-order valence-electron chi connectivity index (χ1n) is 7.72. The summed E-state index contributed by atoms with van der Waals surface area (Å²) in [6.45, 7) is 0.619. The van der Waals surface area contributed by atoms with E-state index in [0.717, 1.165) is 24.2 Å². The van der Waals surface area contributed by atoms with Gasteiger partial charge in [0.15, 0.2) is 0 Å². The third-order valence-corrected chi connectivity index (χ3v) is 4.96. The zero-order chi connectivity index (χ0) is 12.8. The summed E-state index contributed by atoms with van der Waals surface area (Å²) in [6, 6.07) is 0. The van der Waals surface area contributed by atoms with E-state index in [1.807, 2.05) is 0 Å². The number of carboxylic acid groups (broad SMARTS) is 1. The van der Waals surface area contributed by atoms with E-state index in [1.165, 1.54) is 57.8 Å². The van der Waals surface area contributed by atoms with Crippen LogP contribution in [-0.4, -0.2) is 17.7 Å². The Bertz CT molecular complexity index is 267. The predicted molar refractivity (Wildman–Crippen MR) is 72.7 cm³/mol. The van der Waals surface area contributed by atoms with Crippen LogP contribution in [0.2, 0.25) is 0 Å². The molecule has 3 atom stereocenters. The van der Waals surface area contributed by atoms with Crippen LogP contribution < -0.4 is 5.32 Å². The molecule has 2 aliphatic rings. The van der Waals surface area contributed by atoms with Gasteiger partial charge in [-0.25, -0.2) is 4.79 Å². The van der Waals surface area contributed by atoms with Crippen LogP contribution >= 0.6 is 0 Å². The second-order valence-corrected chi connectivity index (χ2v) is 6.21. The number of carbonyl (C=O) groups is 1. The van der Waals surface area contributed by atoms with Crippen LogP contribution in [0.25, 0.3) is 0 Å². The van der Waals surface area contributed by atoms with Crippen LogP contribution in [-0.2, 0) is 0 Å². The van der Waals surface area contributed by atoms with E-state index in [-0.39, 0.29) is 0 Å². The molecular formula is C15H27NO2. The summed E-state index contributed by atoms with van der Waals surface area (Å²) in [6.07, 6.45) is 12.8. The maximum Gasteiger partial charge on any atom is 0.404 e. The summed E-state index contributed by atoms with van der Waals surface area (Å²) in [5, 5.41) is 10.9. The van der Waals surface area contributed by atoms with Crippen LogP contribution in [0.1, 0.15) is 64.2 Å². The minimum atomic E-state index is -0.891. The summed E-state index contributed by atoms with van der Waals surface area (Å²) in [5.74, 6) is 2.99. The lowest BCUT2D eigenvalue weighted by Crippen LogP contribution is -2.27. The fraction of sp³-hybridized carbons (Fsp3) is 0.933.